The Balaban J connectivity index is 3.42. The Labute approximate surface area is 119 Å². The number of hydrogen-bond donors (Lipinski definition) is 0. The van der Waals surface area contributed by atoms with Crippen LogP contribution < -0.4 is 0 Å². The lowest BCUT2D eigenvalue weighted by molar-refractivity contribution is -0.113. The molecule has 1 heteroatoms. The molecule has 0 saturated carbocycles. The zero-order valence-electron chi connectivity index (χ0n) is 13.9. The zero-order valence-corrected chi connectivity index (χ0v) is 13.9. The first kappa shape index (κ1) is 16.2. The van der Waals surface area contributed by atoms with Gasteiger partial charge in [-0.1, -0.05) is 53.2 Å². The van der Waals surface area contributed by atoms with Gasteiger partial charge in [0.25, 0.3) is 0 Å². The predicted octanol–water partition coefficient (Wildman–Crippen LogP) is 5.18. The van der Waals surface area contributed by atoms with Crippen molar-refractivity contribution in [2.75, 3.05) is 0 Å². The van der Waals surface area contributed by atoms with E-state index < -0.39 is 0 Å². The maximum Gasteiger partial charge on any atom is 0.181 e. The molecule has 0 radical (unpaired) electrons. The smallest absolute Gasteiger partial charge is 0.181 e. The highest BCUT2D eigenvalue weighted by molar-refractivity contribution is 6.05. The third-order valence-corrected chi connectivity index (χ3v) is 4.99. The van der Waals surface area contributed by atoms with Gasteiger partial charge < -0.3 is 0 Å². The van der Waals surface area contributed by atoms with Gasteiger partial charge in [-0.2, -0.15) is 0 Å². The largest absolute Gasteiger partial charge is 0.290 e. The van der Waals surface area contributed by atoms with Crippen LogP contribution in [0.3, 0.4) is 0 Å². The molecule has 1 aliphatic rings. The molecule has 19 heavy (non-hydrogen) atoms. The first-order valence-electron chi connectivity index (χ1n) is 7.41. The Morgan fingerprint density at radius 3 is 2.26 bits per heavy atom. The summed E-state index contributed by atoms with van der Waals surface area (Å²) in [5.74, 6) is 1.23. The fourth-order valence-electron chi connectivity index (χ4n) is 3.50. The van der Waals surface area contributed by atoms with E-state index in [1.165, 1.54) is 12.0 Å². The summed E-state index contributed by atoms with van der Waals surface area (Å²) < 4.78 is 0. The van der Waals surface area contributed by atoms with E-state index in [1.54, 1.807) is 6.08 Å². The van der Waals surface area contributed by atoms with Gasteiger partial charge in [0, 0.05) is 5.57 Å². The van der Waals surface area contributed by atoms with Gasteiger partial charge in [-0.25, -0.2) is 0 Å². The van der Waals surface area contributed by atoms with Crippen molar-refractivity contribution in [2.24, 2.45) is 22.7 Å². The van der Waals surface area contributed by atoms with E-state index in [4.69, 9.17) is 0 Å². The van der Waals surface area contributed by atoms with Crippen molar-refractivity contribution in [3.8, 4) is 0 Å². The lowest BCUT2D eigenvalue weighted by Crippen LogP contribution is -2.39. The molecule has 0 spiro atoms. The normalized spacial score (nSPS) is 28.0. The molecule has 0 aromatic carbocycles. The topological polar surface area (TPSA) is 17.1 Å². The van der Waals surface area contributed by atoms with E-state index >= 15 is 0 Å². The molecule has 0 aromatic rings. The van der Waals surface area contributed by atoms with E-state index in [9.17, 15) is 4.79 Å². The molecule has 0 saturated heterocycles. The number of carbonyl (C=O) groups excluding carboxylic acids is 1. The summed E-state index contributed by atoms with van der Waals surface area (Å²) in [6.45, 7) is 17.6. The van der Waals surface area contributed by atoms with Gasteiger partial charge in [-0.05, 0) is 49.0 Å². The summed E-state index contributed by atoms with van der Waals surface area (Å²) in [6.07, 6.45) is 4.75. The molecule has 0 bridgehead atoms. The lowest BCUT2D eigenvalue weighted by atomic mass is 9.57. The van der Waals surface area contributed by atoms with Crippen LogP contribution in [0.1, 0.15) is 61.8 Å². The number of allylic oxidation sites excluding steroid dienone is 4. The van der Waals surface area contributed by atoms with Crippen LogP contribution in [0.15, 0.2) is 23.3 Å². The van der Waals surface area contributed by atoms with Crippen molar-refractivity contribution in [3.05, 3.63) is 23.3 Å². The van der Waals surface area contributed by atoms with Gasteiger partial charge in [0.1, 0.15) is 0 Å². The zero-order chi connectivity index (χ0) is 15.0. The molecule has 2 unspecified atom stereocenters. The molecule has 0 aliphatic heterocycles. The maximum absolute atomic E-state index is 12.5. The van der Waals surface area contributed by atoms with Gasteiger partial charge in [0.05, 0.1) is 0 Å². The molecule has 0 aromatic heterocycles. The monoisotopic (exact) mass is 262 g/mol. The molecule has 0 amide bonds. The molecule has 1 nitrogen and oxygen atoms in total. The summed E-state index contributed by atoms with van der Waals surface area (Å²) in [7, 11) is 0. The van der Waals surface area contributed by atoms with Crippen LogP contribution in [-0.4, -0.2) is 5.78 Å². The summed E-state index contributed by atoms with van der Waals surface area (Å²) in [5, 5.41) is 0. The van der Waals surface area contributed by atoms with E-state index in [0.29, 0.717) is 11.8 Å². The molecule has 1 rings (SSSR count). The van der Waals surface area contributed by atoms with Crippen LogP contribution in [0.5, 0.6) is 0 Å². The number of rotatable bonds is 2. The van der Waals surface area contributed by atoms with Crippen molar-refractivity contribution >= 4 is 5.78 Å². The van der Waals surface area contributed by atoms with Gasteiger partial charge in [0.2, 0.25) is 0 Å². The van der Waals surface area contributed by atoms with Gasteiger partial charge in [-0.15, -0.1) is 0 Å². The van der Waals surface area contributed by atoms with Crippen molar-refractivity contribution in [1.82, 2.24) is 0 Å². The average molecular weight is 262 g/mol. The number of hydrogen-bond acceptors (Lipinski definition) is 1. The summed E-state index contributed by atoms with van der Waals surface area (Å²) in [4.78, 5) is 12.5. The molecule has 0 N–H and O–H groups in total. The van der Waals surface area contributed by atoms with Crippen molar-refractivity contribution in [1.29, 1.82) is 0 Å². The van der Waals surface area contributed by atoms with Crippen molar-refractivity contribution < 1.29 is 4.79 Å². The molecule has 108 valence electrons. The molecule has 2 atom stereocenters. The lowest BCUT2D eigenvalue weighted by Gasteiger charge is -2.46. The third kappa shape index (κ3) is 3.01. The Kier molecular flexibility index (Phi) is 4.49. The van der Waals surface area contributed by atoms with E-state index in [1.807, 2.05) is 13.0 Å². The highest BCUT2D eigenvalue weighted by atomic mass is 16.1. The Morgan fingerprint density at radius 2 is 1.84 bits per heavy atom. The maximum atomic E-state index is 12.5. The van der Waals surface area contributed by atoms with Gasteiger partial charge >= 0.3 is 0 Å². The Morgan fingerprint density at radius 1 is 1.32 bits per heavy atom. The highest BCUT2D eigenvalue weighted by Crippen LogP contribution is 2.51. The fraction of sp³-hybridized carbons (Fsp3) is 0.722. The second kappa shape index (κ2) is 5.26. The van der Waals surface area contributed by atoms with Crippen molar-refractivity contribution in [2.45, 2.75) is 61.8 Å². The Bertz CT molecular complexity index is 415. The van der Waals surface area contributed by atoms with E-state index in [-0.39, 0.29) is 16.6 Å². The standard InChI is InChI=1S/C18H30O/c1-9-10-15(19)16-13(3)14(17(4,5)6)11-12(2)18(16,7)8/h9-10,12,14H,11H2,1-8H3/b10-9+. The van der Waals surface area contributed by atoms with Gasteiger partial charge in [-0.3, -0.25) is 4.79 Å². The summed E-state index contributed by atoms with van der Waals surface area (Å²) in [5.41, 5.74) is 2.54. The summed E-state index contributed by atoms with van der Waals surface area (Å²) >= 11 is 0. The van der Waals surface area contributed by atoms with Crippen LogP contribution in [-0.2, 0) is 4.79 Å². The Hall–Kier alpha value is -0.850. The average Bonchev–Trinajstić information content (AvgIpc) is 2.22. The first-order valence-corrected chi connectivity index (χ1v) is 7.41. The SMILES string of the molecule is C/C=C/C(=O)C1=C(C)C(C(C)(C)C)CC(C)C1(C)C. The van der Waals surface area contributed by atoms with Crippen LogP contribution in [0.25, 0.3) is 0 Å². The van der Waals surface area contributed by atoms with Crippen LogP contribution in [0.4, 0.5) is 0 Å². The second-order valence-electron chi connectivity index (χ2n) is 7.70. The quantitative estimate of drug-likeness (QED) is 0.627. The third-order valence-electron chi connectivity index (χ3n) is 4.99. The number of carbonyl (C=O) groups is 1. The molecule has 0 fully saturated rings. The highest BCUT2D eigenvalue weighted by Gasteiger charge is 2.43. The fourth-order valence-corrected chi connectivity index (χ4v) is 3.50. The van der Waals surface area contributed by atoms with Crippen molar-refractivity contribution in [3.63, 3.8) is 0 Å². The van der Waals surface area contributed by atoms with Crippen LogP contribution >= 0.6 is 0 Å². The number of ketones is 1. The minimum absolute atomic E-state index is 0.0254. The van der Waals surface area contributed by atoms with E-state index in [2.05, 4.69) is 48.5 Å². The first-order chi connectivity index (χ1) is 8.53. The molecule has 0 heterocycles. The van der Waals surface area contributed by atoms with Crippen LogP contribution in [0.2, 0.25) is 0 Å². The second-order valence-corrected chi connectivity index (χ2v) is 7.70. The molecular weight excluding hydrogens is 232 g/mol. The molecule has 1 aliphatic carbocycles. The van der Waals surface area contributed by atoms with Crippen LogP contribution in [0, 0.1) is 22.7 Å². The van der Waals surface area contributed by atoms with Gasteiger partial charge in [0.15, 0.2) is 5.78 Å². The minimum Gasteiger partial charge on any atom is -0.290 e. The minimum atomic E-state index is -0.0254. The molecular formula is C18H30O. The predicted molar refractivity (Wildman–Crippen MR) is 83.0 cm³/mol. The summed E-state index contributed by atoms with van der Waals surface area (Å²) in [6, 6.07) is 0. The van der Waals surface area contributed by atoms with E-state index in [0.717, 1.165) is 5.57 Å².